The molecule has 1 aromatic carbocycles. The first-order valence-electron chi connectivity index (χ1n) is 8.62. The SMILES string of the molecule is CCCNC(CN(CC)C1CC1)c1c(C)cc(C)cc1C. The van der Waals surface area contributed by atoms with E-state index < -0.39 is 0 Å². The Labute approximate surface area is 130 Å². The smallest absolute Gasteiger partial charge is 0.0454 e. The van der Waals surface area contributed by atoms with E-state index in [0.717, 1.165) is 19.1 Å². The number of benzene rings is 1. The Morgan fingerprint density at radius 2 is 1.76 bits per heavy atom. The Morgan fingerprint density at radius 3 is 2.24 bits per heavy atom. The van der Waals surface area contributed by atoms with Crippen LogP contribution in [0.25, 0.3) is 0 Å². The second kappa shape index (κ2) is 7.42. The van der Waals surface area contributed by atoms with E-state index in [-0.39, 0.29) is 0 Å². The Balaban J connectivity index is 2.22. The highest BCUT2D eigenvalue weighted by Crippen LogP contribution is 2.30. The van der Waals surface area contributed by atoms with Crippen LogP contribution in [-0.4, -0.2) is 30.6 Å². The van der Waals surface area contributed by atoms with Crippen LogP contribution in [0.2, 0.25) is 0 Å². The zero-order valence-corrected chi connectivity index (χ0v) is 14.5. The molecule has 0 heterocycles. The van der Waals surface area contributed by atoms with Crippen molar-refractivity contribution in [3.05, 3.63) is 34.4 Å². The molecule has 0 aliphatic heterocycles. The summed E-state index contributed by atoms with van der Waals surface area (Å²) < 4.78 is 0. The lowest BCUT2D eigenvalue weighted by atomic mass is 9.93. The number of aryl methyl sites for hydroxylation is 3. The van der Waals surface area contributed by atoms with Gasteiger partial charge in [-0.25, -0.2) is 0 Å². The standard InChI is InChI=1S/C19H32N2/c1-6-10-20-18(13-21(7-2)17-8-9-17)19-15(4)11-14(3)12-16(19)5/h11-12,17-18,20H,6-10,13H2,1-5H3. The summed E-state index contributed by atoms with van der Waals surface area (Å²) in [5.74, 6) is 0. The van der Waals surface area contributed by atoms with Crippen LogP contribution in [0.5, 0.6) is 0 Å². The van der Waals surface area contributed by atoms with Gasteiger partial charge in [-0.3, -0.25) is 4.90 Å². The summed E-state index contributed by atoms with van der Waals surface area (Å²) in [5, 5.41) is 3.79. The molecule has 118 valence electrons. The van der Waals surface area contributed by atoms with Crippen molar-refractivity contribution in [1.82, 2.24) is 10.2 Å². The molecule has 1 aromatic rings. The normalized spacial score (nSPS) is 16.5. The first kappa shape index (κ1) is 16.5. The number of likely N-dealkylation sites (N-methyl/N-ethyl adjacent to an activating group) is 1. The van der Waals surface area contributed by atoms with Crippen LogP contribution >= 0.6 is 0 Å². The summed E-state index contributed by atoms with van der Waals surface area (Å²) in [7, 11) is 0. The Kier molecular flexibility index (Phi) is 5.83. The van der Waals surface area contributed by atoms with E-state index >= 15 is 0 Å². The van der Waals surface area contributed by atoms with E-state index in [9.17, 15) is 0 Å². The third-order valence-electron chi connectivity index (χ3n) is 4.61. The van der Waals surface area contributed by atoms with Crippen molar-refractivity contribution >= 4 is 0 Å². The zero-order valence-electron chi connectivity index (χ0n) is 14.5. The average molecular weight is 288 g/mol. The van der Waals surface area contributed by atoms with Gasteiger partial charge in [0.25, 0.3) is 0 Å². The zero-order chi connectivity index (χ0) is 15.4. The molecule has 0 spiro atoms. The minimum absolute atomic E-state index is 0.464. The molecule has 2 heteroatoms. The average Bonchev–Trinajstić information content (AvgIpc) is 3.24. The van der Waals surface area contributed by atoms with Crippen LogP contribution in [0.1, 0.15) is 61.4 Å². The first-order chi connectivity index (χ1) is 10.1. The lowest BCUT2D eigenvalue weighted by Crippen LogP contribution is -2.37. The molecule has 0 bridgehead atoms. The second-order valence-corrected chi connectivity index (χ2v) is 6.64. The molecule has 0 amide bonds. The van der Waals surface area contributed by atoms with Gasteiger partial charge in [-0.2, -0.15) is 0 Å². The van der Waals surface area contributed by atoms with E-state index in [1.165, 1.54) is 48.1 Å². The van der Waals surface area contributed by atoms with Gasteiger partial charge in [-0.1, -0.05) is 31.5 Å². The van der Waals surface area contributed by atoms with Crippen molar-refractivity contribution in [3.63, 3.8) is 0 Å². The van der Waals surface area contributed by atoms with Crippen molar-refractivity contribution in [2.75, 3.05) is 19.6 Å². The van der Waals surface area contributed by atoms with E-state index in [1.807, 2.05) is 0 Å². The highest BCUT2D eigenvalue weighted by Gasteiger charge is 2.30. The first-order valence-corrected chi connectivity index (χ1v) is 8.62. The van der Waals surface area contributed by atoms with E-state index in [2.05, 4.69) is 57.0 Å². The molecule has 1 N–H and O–H groups in total. The van der Waals surface area contributed by atoms with Gasteiger partial charge in [0.15, 0.2) is 0 Å². The largest absolute Gasteiger partial charge is 0.309 e. The quantitative estimate of drug-likeness (QED) is 0.773. The number of hydrogen-bond acceptors (Lipinski definition) is 2. The molecule has 0 saturated heterocycles. The maximum atomic E-state index is 3.79. The molecular formula is C19H32N2. The van der Waals surface area contributed by atoms with E-state index in [1.54, 1.807) is 0 Å². The fourth-order valence-electron chi connectivity index (χ4n) is 3.53. The molecule has 0 radical (unpaired) electrons. The van der Waals surface area contributed by atoms with Crippen molar-refractivity contribution in [1.29, 1.82) is 0 Å². The van der Waals surface area contributed by atoms with Gasteiger partial charge in [0.05, 0.1) is 0 Å². The van der Waals surface area contributed by atoms with Gasteiger partial charge < -0.3 is 5.32 Å². The third kappa shape index (κ3) is 4.31. The van der Waals surface area contributed by atoms with Crippen molar-refractivity contribution in [2.45, 2.75) is 66.0 Å². The molecule has 1 unspecified atom stereocenters. The Bertz CT molecular complexity index is 440. The summed E-state index contributed by atoms with van der Waals surface area (Å²) in [5.41, 5.74) is 5.77. The molecule has 2 rings (SSSR count). The summed E-state index contributed by atoms with van der Waals surface area (Å²) >= 11 is 0. The molecule has 1 atom stereocenters. The minimum Gasteiger partial charge on any atom is -0.309 e. The molecule has 0 aromatic heterocycles. The van der Waals surface area contributed by atoms with Crippen molar-refractivity contribution < 1.29 is 0 Å². The highest BCUT2D eigenvalue weighted by molar-refractivity contribution is 5.40. The molecule has 1 aliphatic rings. The lowest BCUT2D eigenvalue weighted by molar-refractivity contribution is 0.243. The minimum atomic E-state index is 0.464. The van der Waals surface area contributed by atoms with Crippen LogP contribution in [0.15, 0.2) is 12.1 Å². The second-order valence-electron chi connectivity index (χ2n) is 6.64. The van der Waals surface area contributed by atoms with Gasteiger partial charge in [0.1, 0.15) is 0 Å². The maximum Gasteiger partial charge on any atom is 0.0454 e. The van der Waals surface area contributed by atoms with Gasteiger partial charge in [-0.05, 0) is 69.8 Å². The predicted molar refractivity (Wildman–Crippen MR) is 92.0 cm³/mol. The number of nitrogens with zero attached hydrogens (tertiary/aromatic N) is 1. The molecular weight excluding hydrogens is 256 g/mol. The lowest BCUT2D eigenvalue weighted by Gasteiger charge is -2.30. The molecule has 2 nitrogen and oxygen atoms in total. The van der Waals surface area contributed by atoms with Crippen LogP contribution in [0.3, 0.4) is 0 Å². The predicted octanol–water partition coefficient (Wildman–Crippen LogP) is 4.14. The van der Waals surface area contributed by atoms with Crippen molar-refractivity contribution in [2.24, 2.45) is 0 Å². The fraction of sp³-hybridized carbons (Fsp3) is 0.684. The van der Waals surface area contributed by atoms with Crippen molar-refractivity contribution in [3.8, 4) is 0 Å². The van der Waals surface area contributed by atoms with E-state index in [4.69, 9.17) is 0 Å². The maximum absolute atomic E-state index is 3.79. The summed E-state index contributed by atoms with van der Waals surface area (Å²) in [4.78, 5) is 2.66. The van der Waals surface area contributed by atoms with Crippen LogP contribution in [-0.2, 0) is 0 Å². The van der Waals surface area contributed by atoms with Gasteiger partial charge in [0.2, 0.25) is 0 Å². The summed E-state index contributed by atoms with van der Waals surface area (Å²) in [6, 6.07) is 5.96. The Morgan fingerprint density at radius 1 is 1.14 bits per heavy atom. The highest BCUT2D eigenvalue weighted by atomic mass is 15.2. The molecule has 21 heavy (non-hydrogen) atoms. The number of hydrogen-bond donors (Lipinski definition) is 1. The van der Waals surface area contributed by atoms with Crippen LogP contribution < -0.4 is 5.32 Å². The molecule has 1 aliphatic carbocycles. The summed E-state index contributed by atoms with van der Waals surface area (Å²) in [6.07, 6.45) is 3.97. The molecule has 1 saturated carbocycles. The Hall–Kier alpha value is -0.860. The van der Waals surface area contributed by atoms with Crippen LogP contribution in [0.4, 0.5) is 0 Å². The fourth-order valence-corrected chi connectivity index (χ4v) is 3.53. The number of nitrogens with one attached hydrogen (secondary N) is 1. The number of rotatable bonds is 8. The van der Waals surface area contributed by atoms with Gasteiger partial charge in [0, 0.05) is 18.6 Å². The summed E-state index contributed by atoms with van der Waals surface area (Å²) in [6.45, 7) is 14.7. The van der Waals surface area contributed by atoms with Gasteiger partial charge >= 0.3 is 0 Å². The third-order valence-corrected chi connectivity index (χ3v) is 4.61. The molecule has 1 fully saturated rings. The topological polar surface area (TPSA) is 15.3 Å². The monoisotopic (exact) mass is 288 g/mol. The van der Waals surface area contributed by atoms with Gasteiger partial charge in [-0.15, -0.1) is 0 Å². The van der Waals surface area contributed by atoms with Crippen LogP contribution in [0, 0.1) is 20.8 Å². The van der Waals surface area contributed by atoms with E-state index in [0.29, 0.717) is 6.04 Å².